The third kappa shape index (κ3) is 4.86. The van der Waals surface area contributed by atoms with Crippen molar-refractivity contribution in [3.8, 4) is 0 Å². The molecule has 0 fully saturated rings. The van der Waals surface area contributed by atoms with E-state index in [0.717, 1.165) is 24.3 Å². The number of carbonyl (C=O) groups is 1. The Bertz CT molecular complexity index is 682. The summed E-state index contributed by atoms with van der Waals surface area (Å²) in [5.74, 6) is 0.0419. The minimum Gasteiger partial charge on any atom is -0.493 e. The third-order valence-electron chi connectivity index (χ3n) is 4.24. The Morgan fingerprint density at radius 3 is 3.08 bits per heavy atom. The van der Waals surface area contributed by atoms with Crippen molar-refractivity contribution < 1.29 is 14.6 Å². The lowest BCUT2D eigenvalue weighted by Crippen LogP contribution is -2.24. The molecule has 6 heteroatoms. The Labute approximate surface area is 148 Å². The molecule has 0 aromatic carbocycles. The zero-order valence-electron chi connectivity index (χ0n) is 14.7. The Balaban J connectivity index is 2.14. The minimum absolute atomic E-state index is 0.194. The van der Waals surface area contributed by atoms with E-state index in [9.17, 15) is 9.90 Å². The molecule has 2 N–H and O–H groups in total. The number of hydrogen-bond acceptors (Lipinski definition) is 5. The van der Waals surface area contributed by atoms with Gasteiger partial charge in [-0.15, -0.1) is 0 Å². The van der Waals surface area contributed by atoms with E-state index in [1.807, 2.05) is 25.4 Å². The molecule has 2 rings (SSSR count). The molecule has 1 aromatic rings. The largest absolute Gasteiger partial charge is 0.493 e. The third-order valence-corrected chi connectivity index (χ3v) is 4.24. The van der Waals surface area contributed by atoms with E-state index < -0.39 is 5.97 Å². The number of ether oxygens (including phenoxy) is 1. The molecule has 2 heterocycles. The van der Waals surface area contributed by atoms with Crippen molar-refractivity contribution in [3.05, 3.63) is 60.3 Å². The van der Waals surface area contributed by atoms with Crippen molar-refractivity contribution in [1.82, 2.24) is 9.88 Å². The Morgan fingerprint density at radius 1 is 1.60 bits per heavy atom. The summed E-state index contributed by atoms with van der Waals surface area (Å²) in [5.41, 5.74) is 1.77. The average Bonchev–Trinajstić information content (AvgIpc) is 2.64. The van der Waals surface area contributed by atoms with E-state index in [1.165, 1.54) is 18.5 Å². The van der Waals surface area contributed by atoms with Gasteiger partial charge in [-0.1, -0.05) is 12.7 Å². The van der Waals surface area contributed by atoms with E-state index >= 15 is 0 Å². The smallest absolute Gasteiger partial charge is 0.337 e. The summed E-state index contributed by atoms with van der Waals surface area (Å²) in [4.78, 5) is 17.4. The fourth-order valence-electron chi connectivity index (χ4n) is 2.63. The number of nitrogens with zero attached hydrogens (tertiary/aromatic N) is 2. The van der Waals surface area contributed by atoms with Gasteiger partial charge in [0.2, 0.25) is 0 Å². The Kier molecular flexibility index (Phi) is 6.62. The second-order valence-electron chi connectivity index (χ2n) is 5.85. The van der Waals surface area contributed by atoms with Crippen LogP contribution in [-0.2, 0) is 4.74 Å². The molecule has 1 aliphatic rings. The first-order valence-electron chi connectivity index (χ1n) is 8.35. The predicted molar refractivity (Wildman–Crippen MR) is 98.4 cm³/mol. The molecular formula is C19H25N3O3. The number of carboxylic acids is 1. The second-order valence-corrected chi connectivity index (χ2v) is 5.85. The van der Waals surface area contributed by atoms with Gasteiger partial charge < -0.3 is 20.1 Å². The van der Waals surface area contributed by atoms with Gasteiger partial charge in [-0.3, -0.25) is 4.98 Å². The standard InChI is InChI=1S/C19H25N3O3/c1-4-15-14(8-11-25-18(15)7-10-22(3)5-2)12-21-17-13-20-9-6-16(17)19(23)24/h4,6-7,9-10,13-14,21H,1,5,8,11-12H2,2-3H3,(H,23,24)/b10-7+/t14-/m0/s1. The highest BCUT2D eigenvalue weighted by molar-refractivity contribution is 5.93. The quantitative estimate of drug-likeness (QED) is 0.755. The van der Waals surface area contributed by atoms with Gasteiger partial charge in [0.15, 0.2) is 0 Å². The van der Waals surface area contributed by atoms with Gasteiger partial charge in [0.25, 0.3) is 0 Å². The molecule has 0 amide bonds. The molecular weight excluding hydrogens is 318 g/mol. The number of carboxylic acid groups (broad SMARTS) is 1. The van der Waals surface area contributed by atoms with Crippen LogP contribution in [0.2, 0.25) is 0 Å². The summed E-state index contributed by atoms with van der Waals surface area (Å²) in [6, 6.07) is 1.49. The number of anilines is 1. The minimum atomic E-state index is -0.970. The van der Waals surface area contributed by atoms with E-state index in [4.69, 9.17) is 4.74 Å². The summed E-state index contributed by atoms with van der Waals surface area (Å²) in [5, 5.41) is 12.5. The molecule has 0 unspecified atom stereocenters. The van der Waals surface area contributed by atoms with Gasteiger partial charge in [0.1, 0.15) is 5.76 Å². The molecule has 25 heavy (non-hydrogen) atoms. The fraction of sp³-hybridized carbons (Fsp3) is 0.368. The van der Waals surface area contributed by atoms with E-state index in [0.29, 0.717) is 18.8 Å². The van der Waals surface area contributed by atoms with E-state index in [-0.39, 0.29) is 11.5 Å². The van der Waals surface area contributed by atoms with Crippen molar-refractivity contribution in [3.63, 3.8) is 0 Å². The lowest BCUT2D eigenvalue weighted by atomic mass is 9.92. The maximum absolute atomic E-state index is 11.3. The molecule has 6 nitrogen and oxygen atoms in total. The number of aromatic nitrogens is 1. The van der Waals surface area contributed by atoms with Crippen molar-refractivity contribution in [1.29, 1.82) is 0 Å². The van der Waals surface area contributed by atoms with Gasteiger partial charge in [-0.2, -0.15) is 0 Å². The Morgan fingerprint density at radius 2 is 2.40 bits per heavy atom. The summed E-state index contributed by atoms with van der Waals surface area (Å²) >= 11 is 0. The van der Waals surface area contributed by atoms with Crippen LogP contribution in [0.3, 0.4) is 0 Å². The van der Waals surface area contributed by atoms with Gasteiger partial charge >= 0.3 is 5.97 Å². The number of rotatable bonds is 8. The van der Waals surface area contributed by atoms with Gasteiger partial charge in [-0.25, -0.2) is 4.79 Å². The zero-order chi connectivity index (χ0) is 18.2. The fourth-order valence-corrected chi connectivity index (χ4v) is 2.63. The molecule has 0 radical (unpaired) electrons. The van der Waals surface area contributed by atoms with Gasteiger partial charge in [0.05, 0.1) is 24.1 Å². The summed E-state index contributed by atoms with van der Waals surface area (Å²) in [6.45, 7) is 8.12. The number of aromatic carboxylic acids is 1. The molecule has 1 aromatic heterocycles. The first-order chi connectivity index (χ1) is 12.1. The van der Waals surface area contributed by atoms with E-state index in [1.54, 1.807) is 0 Å². The highest BCUT2D eigenvalue weighted by Gasteiger charge is 2.22. The maximum Gasteiger partial charge on any atom is 0.337 e. The molecule has 1 aliphatic heterocycles. The van der Waals surface area contributed by atoms with Crippen LogP contribution in [0.4, 0.5) is 5.69 Å². The summed E-state index contributed by atoms with van der Waals surface area (Å²) in [6.07, 6.45) is 9.62. The van der Waals surface area contributed by atoms with Crippen LogP contribution in [0.1, 0.15) is 23.7 Å². The van der Waals surface area contributed by atoms with Crippen LogP contribution in [-0.4, -0.2) is 47.7 Å². The number of hydrogen-bond donors (Lipinski definition) is 2. The molecule has 0 saturated heterocycles. The second kappa shape index (κ2) is 8.92. The number of nitrogens with one attached hydrogen (secondary N) is 1. The summed E-state index contributed by atoms with van der Waals surface area (Å²) < 4.78 is 5.78. The van der Waals surface area contributed by atoms with Crippen LogP contribution in [0.25, 0.3) is 0 Å². The lowest BCUT2D eigenvalue weighted by molar-refractivity contribution is 0.0697. The number of allylic oxidation sites excluding steroid dienone is 2. The zero-order valence-corrected chi connectivity index (χ0v) is 14.7. The van der Waals surface area contributed by atoms with Crippen LogP contribution in [0.15, 0.2) is 54.7 Å². The van der Waals surface area contributed by atoms with Crippen molar-refractivity contribution in [2.45, 2.75) is 13.3 Å². The maximum atomic E-state index is 11.3. The van der Waals surface area contributed by atoms with Crippen LogP contribution in [0, 0.1) is 5.92 Å². The lowest BCUT2D eigenvalue weighted by Gasteiger charge is -2.27. The monoisotopic (exact) mass is 343 g/mol. The Hall–Kier alpha value is -2.76. The first kappa shape index (κ1) is 18.6. The topological polar surface area (TPSA) is 74.7 Å². The number of pyridine rings is 1. The molecule has 1 atom stereocenters. The van der Waals surface area contributed by atoms with Gasteiger partial charge in [0, 0.05) is 38.5 Å². The molecule has 0 saturated carbocycles. The predicted octanol–water partition coefficient (Wildman–Crippen LogP) is 3.13. The molecule has 0 aliphatic carbocycles. The highest BCUT2D eigenvalue weighted by atomic mass is 16.5. The normalized spacial score (nSPS) is 17.3. The first-order valence-corrected chi connectivity index (χ1v) is 8.35. The van der Waals surface area contributed by atoms with Crippen molar-refractivity contribution in [2.24, 2.45) is 5.92 Å². The average molecular weight is 343 g/mol. The molecule has 0 spiro atoms. The van der Waals surface area contributed by atoms with Gasteiger partial charge in [-0.05, 0) is 31.1 Å². The van der Waals surface area contributed by atoms with Crippen molar-refractivity contribution in [2.75, 3.05) is 32.1 Å². The van der Waals surface area contributed by atoms with Crippen LogP contribution < -0.4 is 5.32 Å². The van der Waals surface area contributed by atoms with Crippen LogP contribution >= 0.6 is 0 Å². The van der Waals surface area contributed by atoms with E-state index in [2.05, 4.69) is 28.7 Å². The summed E-state index contributed by atoms with van der Waals surface area (Å²) in [7, 11) is 2.00. The molecule has 0 bridgehead atoms. The highest BCUT2D eigenvalue weighted by Crippen LogP contribution is 2.28. The molecule has 134 valence electrons. The van der Waals surface area contributed by atoms with Crippen molar-refractivity contribution >= 4 is 11.7 Å². The SMILES string of the molecule is C=CC1=C(/C=C/N(C)CC)OCC[C@H]1CNc1cnccc1C(=O)O. The van der Waals surface area contributed by atoms with Crippen LogP contribution in [0.5, 0.6) is 0 Å².